The molecule has 0 radical (unpaired) electrons. The Morgan fingerprint density at radius 1 is 1.07 bits per heavy atom. The highest BCUT2D eigenvalue weighted by atomic mass is 16.2. The van der Waals surface area contributed by atoms with Crippen LogP contribution >= 0.6 is 0 Å². The SMILES string of the molecule is Cc1ccc(N2CC(Cc3ccccc3)N(Cc3nccn3C)CC2=O)cc1. The van der Waals surface area contributed by atoms with Crippen LogP contribution in [0.2, 0.25) is 0 Å². The Morgan fingerprint density at radius 3 is 2.50 bits per heavy atom. The van der Waals surface area contributed by atoms with Gasteiger partial charge in [-0.05, 0) is 31.0 Å². The molecule has 0 saturated carbocycles. The molecule has 0 spiro atoms. The Morgan fingerprint density at radius 2 is 1.82 bits per heavy atom. The molecule has 0 bridgehead atoms. The normalized spacial score (nSPS) is 17.9. The van der Waals surface area contributed by atoms with Crippen LogP contribution < -0.4 is 4.90 Å². The topological polar surface area (TPSA) is 41.4 Å². The Bertz CT molecular complexity index is 933. The smallest absolute Gasteiger partial charge is 0.241 e. The van der Waals surface area contributed by atoms with Crippen LogP contribution in [0.15, 0.2) is 67.0 Å². The largest absolute Gasteiger partial charge is 0.337 e. The number of carbonyl (C=O) groups is 1. The monoisotopic (exact) mass is 374 g/mol. The minimum absolute atomic E-state index is 0.141. The van der Waals surface area contributed by atoms with Crippen molar-refractivity contribution in [1.82, 2.24) is 14.5 Å². The molecule has 1 aliphatic rings. The van der Waals surface area contributed by atoms with E-state index in [2.05, 4.69) is 53.2 Å². The molecule has 5 heteroatoms. The van der Waals surface area contributed by atoms with Gasteiger partial charge in [-0.15, -0.1) is 0 Å². The van der Waals surface area contributed by atoms with Gasteiger partial charge >= 0.3 is 0 Å². The van der Waals surface area contributed by atoms with Gasteiger partial charge in [-0.3, -0.25) is 9.69 Å². The number of anilines is 1. The van der Waals surface area contributed by atoms with Crippen molar-refractivity contribution in [3.05, 3.63) is 83.9 Å². The highest BCUT2D eigenvalue weighted by Crippen LogP contribution is 2.24. The van der Waals surface area contributed by atoms with Crippen LogP contribution in [0.4, 0.5) is 5.69 Å². The van der Waals surface area contributed by atoms with Gasteiger partial charge in [-0.1, -0.05) is 48.0 Å². The third-order valence-corrected chi connectivity index (χ3v) is 5.47. The summed E-state index contributed by atoms with van der Waals surface area (Å²) < 4.78 is 2.02. The first-order chi connectivity index (χ1) is 13.6. The van der Waals surface area contributed by atoms with Crippen molar-refractivity contribution in [1.29, 1.82) is 0 Å². The van der Waals surface area contributed by atoms with E-state index in [0.717, 1.165) is 17.9 Å². The lowest BCUT2D eigenvalue weighted by atomic mass is 10.0. The number of imidazole rings is 1. The highest BCUT2D eigenvalue weighted by Gasteiger charge is 2.33. The standard InChI is InChI=1S/C23H26N4O/c1-18-8-10-20(11-9-18)27-15-21(14-19-6-4-3-5-7-19)26(17-23(27)28)16-22-24-12-13-25(22)2/h3-13,21H,14-17H2,1-2H3. The fraction of sp³-hybridized carbons (Fsp3) is 0.304. The second kappa shape index (κ2) is 7.98. The van der Waals surface area contributed by atoms with Crippen LogP contribution in [0.3, 0.4) is 0 Å². The molecule has 2 heterocycles. The van der Waals surface area contributed by atoms with Crippen LogP contribution in [0.1, 0.15) is 17.0 Å². The minimum atomic E-state index is 0.141. The lowest BCUT2D eigenvalue weighted by molar-refractivity contribution is -0.122. The number of hydrogen-bond donors (Lipinski definition) is 0. The van der Waals surface area contributed by atoms with Gasteiger partial charge in [0.05, 0.1) is 13.1 Å². The van der Waals surface area contributed by atoms with Gasteiger partial charge in [-0.25, -0.2) is 4.98 Å². The van der Waals surface area contributed by atoms with E-state index in [1.807, 2.05) is 47.1 Å². The third kappa shape index (κ3) is 3.99. The van der Waals surface area contributed by atoms with Crippen molar-refractivity contribution < 1.29 is 4.79 Å². The van der Waals surface area contributed by atoms with Crippen molar-refractivity contribution in [2.75, 3.05) is 18.0 Å². The van der Waals surface area contributed by atoms with Gasteiger partial charge in [0.15, 0.2) is 0 Å². The molecule has 28 heavy (non-hydrogen) atoms. The Labute approximate surface area is 166 Å². The quantitative estimate of drug-likeness (QED) is 0.689. The van der Waals surface area contributed by atoms with Gasteiger partial charge in [0.25, 0.3) is 0 Å². The van der Waals surface area contributed by atoms with E-state index in [1.165, 1.54) is 11.1 Å². The summed E-state index contributed by atoms with van der Waals surface area (Å²) in [4.78, 5) is 21.6. The molecule has 1 aliphatic heterocycles. The molecule has 3 aromatic rings. The molecule has 5 nitrogen and oxygen atoms in total. The lowest BCUT2D eigenvalue weighted by Crippen LogP contribution is -2.56. The van der Waals surface area contributed by atoms with E-state index in [-0.39, 0.29) is 11.9 Å². The lowest BCUT2D eigenvalue weighted by Gasteiger charge is -2.41. The number of rotatable bonds is 5. The van der Waals surface area contributed by atoms with E-state index in [9.17, 15) is 4.79 Å². The van der Waals surface area contributed by atoms with Crippen LogP contribution in [0, 0.1) is 6.92 Å². The van der Waals surface area contributed by atoms with E-state index in [1.54, 1.807) is 0 Å². The fourth-order valence-electron chi connectivity index (χ4n) is 3.79. The minimum Gasteiger partial charge on any atom is -0.337 e. The fourth-order valence-corrected chi connectivity index (χ4v) is 3.79. The second-order valence-corrected chi connectivity index (χ2v) is 7.54. The number of benzene rings is 2. The molecular weight excluding hydrogens is 348 g/mol. The van der Waals surface area contributed by atoms with Crippen molar-refractivity contribution in [2.24, 2.45) is 7.05 Å². The van der Waals surface area contributed by atoms with E-state index >= 15 is 0 Å². The highest BCUT2D eigenvalue weighted by molar-refractivity contribution is 5.95. The van der Waals surface area contributed by atoms with Gasteiger partial charge in [0, 0.05) is 37.7 Å². The van der Waals surface area contributed by atoms with E-state index < -0.39 is 0 Å². The second-order valence-electron chi connectivity index (χ2n) is 7.54. The zero-order valence-corrected chi connectivity index (χ0v) is 16.5. The number of aryl methyl sites for hydroxylation is 2. The molecule has 1 unspecified atom stereocenters. The van der Waals surface area contributed by atoms with Gasteiger partial charge in [-0.2, -0.15) is 0 Å². The number of carbonyl (C=O) groups excluding carboxylic acids is 1. The summed E-state index contributed by atoms with van der Waals surface area (Å²) in [7, 11) is 2.00. The summed E-state index contributed by atoms with van der Waals surface area (Å²) >= 11 is 0. The molecule has 4 rings (SSSR count). The Balaban J connectivity index is 1.59. The van der Waals surface area contributed by atoms with Crippen LogP contribution in [-0.4, -0.2) is 39.5 Å². The van der Waals surface area contributed by atoms with E-state index in [4.69, 9.17) is 0 Å². The van der Waals surface area contributed by atoms with E-state index in [0.29, 0.717) is 19.6 Å². The zero-order valence-electron chi connectivity index (χ0n) is 16.5. The molecular formula is C23H26N4O. The van der Waals surface area contributed by atoms with Crippen molar-refractivity contribution in [3.63, 3.8) is 0 Å². The first-order valence-electron chi connectivity index (χ1n) is 9.71. The summed E-state index contributed by atoms with van der Waals surface area (Å²) in [5.74, 6) is 1.12. The summed E-state index contributed by atoms with van der Waals surface area (Å²) in [5, 5.41) is 0. The number of piperazine rings is 1. The molecule has 2 aromatic carbocycles. The number of nitrogens with zero attached hydrogens (tertiary/aromatic N) is 4. The number of hydrogen-bond acceptors (Lipinski definition) is 3. The van der Waals surface area contributed by atoms with Gasteiger partial charge in [0.2, 0.25) is 5.91 Å². The van der Waals surface area contributed by atoms with Gasteiger partial charge < -0.3 is 9.47 Å². The first-order valence-corrected chi connectivity index (χ1v) is 9.71. The van der Waals surface area contributed by atoms with Gasteiger partial charge in [0.1, 0.15) is 5.82 Å². The average Bonchev–Trinajstić information content (AvgIpc) is 3.10. The molecule has 1 amide bonds. The maximum absolute atomic E-state index is 13.0. The van der Waals surface area contributed by atoms with Crippen molar-refractivity contribution in [3.8, 4) is 0 Å². The summed E-state index contributed by atoms with van der Waals surface area (Å²) in [6, 6.07) is 19.0. The molecule has 144 valence electrons. The molecule has 1 atom stereocenters. The predicted octanol–water partition coefficient (Wildman–Crippen LogP) is 3.19. The average molecular weight is 374 g/mol. The summed E-state index contributed by atoms with van der Waals surface area (Å²) in [6.45, 7) is 3.82. The third-order valence-electron chi connectivity index (χ3n) is 5.47. The predicted molar refractivity (Wildman–Crippen MR) is 111 cm³/mol. The zero-order chi connectivity index (χ0) is 19.5. The summed E-state index contributed by atoms with van der Waals surface area (Å²) in [5.41, 5.74) is 3.46. The maximum atomic E-state index is 13.0. The molecule has 1 fully saturated rings. The maximum Gasteiger partial charge on any atom is 0.241 e. The number of aromatic nitrogens is 2. The molecule has 0 aliphatic carbocycles. The Hall–Kier alpha value is -2.92. The summed E-state index contributed by atoms with van der Waals surface area (Å²) in [6.07, 6.45) is 4.67. The first kappa shape index (κ1) is 18.4. The molecule has 1 aromatic heterocycles. The van der Waals surface area contributed by atoms with Crippen molar-refractivity contribution in [2.45, 2.75) is 25.9 Å². The molecule has 0 N–H and O–H groups in total. The van der Waals surface area contributed by atoms with Crippen molar-refractivity contribution >= 4 is 11.6 Å². The molecule has 1 saturated heterocycles. The van der Waals surface area contributed by atoms with Crippen LogP contribution in [-0.2, 0) is 24.8 Å². The Kier molecular flexibility index (Phi) is 5.26. The number of amides is 1. The van der Waals surface area contributed by atoms with Crippen LogP contribution in [0.5, 0.6) is 0 Å². The van der Waals surface area contributed by atoms with Crippen LogP contribution in [0.25, 0.3) is 0 Å².